The van der Waals surface area contributed by atoms with E-state index in [1.807, 2.05) is 32.0 Å². The minimum absolute atomic E-state index is 0.103. The van der Waals surface area contributed by atoms with E-state index in [0.29, 0.717) is 24.3 Å². The predicted octanol–water partition coefficient (Wildman–Crippen LogP) is 2.33. The SMILES string of the molecule is CCNC(=O)c1ccc(N)c(NCc2cccc(C)n2)c1. The third-order valence-corrected chi connectivity index (χ3v) is 3.06. The highest BCUT2D eigenvalue weighted by Gasteiger charge is 2.07. The minimum atomic E-state index is -0.103. The fourth-order valence-electron chi connectivity index (χ4n) is 2.00. The molecule has 0 saturated carbocycles. The lowest BCUT2D eigenvalue weighted by atomic mass is 10.1. The van der Waals surface area contributed by atoms with E-state index in [-0.39, 0.29) is 5.91 Å². The first kappa shape index (κ1) is 14.8. The lowest BCUT2D eigenvalue weighted by molar-refractivity contribution is 0.0956. The van der Waals surface area contributed by atoms with Gasteiger partial charge in [0.25, 0.3) is 5.91 Å². The van der Waals surface area contributed by atoms with Gasteiger partial charge < -0.3 is 16.4 Å². The summed E-state index contributed by atoms with van der Waals surface area (Å²) in [6.07, 6.45) is 0. The normalized spacial score (nSPS) is 10.2. The molecule has 0 radical (unpaired) electrons. The fraction of sp³-hybridized carbons (Fsp3) is 0.250. The number of aromatic nitrogens is 1. The molecule has 0 aliphatic rings. The maximum atomic E-state index is 11.8. The first-order valence-corrected chi connectivity index (χ1v) is 6.94. The van der Waals surface area contributed by atoms with Gasteiger partial charge in [-0.3, -0.25) is 9.78 Å². The van der Waals surface area contributed by atoms with Crippen molar-refractivity contribution in [3.8, 4) is 0 Å². The Morgan fingerprint density at radius 1 is 1.29 bits per heavy atom. The first-order chi connectivity index (χ1) is 10.1. The summed E-state index contributed by atoms with van der Waals surface area (Å²) in [6.45, 7) is 5.00. The van der Waals surface area contributed by atoms with Gasteiger partial charge in [0.15, 0.2) is 0 Å². The zero-order chi connectivity index (χ0) is 15.2. The number of hydrogen-bond acceptors (Lipinski definition) is 4. The Morgan fingerprint density at radius 2 is 2.10 bits per heavy atom. The van der Waals surface area contributed by atoms with Crippen LogP contribution in [0.5, 0.6) is 0 Å². The zero-order valence-corrected chi connectivity index (χ0v) is 12.3. The molecule has 2 aromatic rings. The average molecular weight is 284 g/mol. The van der Waals surface area contributed by atoms with Crippen LogP contribution in [0.1, 0.15) is 28.7 Å². The van der Waals surface area contributed by atoms with Crippen LogP contribution >= 0.6 is 0 Å². The lowest BCUT2D eigenvalue weighted by Crippen LogP contribution is -2.22. The van der Waals surface area contributed by atoms with Crippen molar-refractivity contribution >= 4 is 17.3 Å². The molecule has 0 aliphatic carbocycles. The van der Waals surface area contributed by atoms with E-state index >= 15 is 0 Å². The van der Waals surface area contributed by atoms with Gasteiger partial charge in [-0.15, -0.1) is 0 Å². The van der Waals surface area contributed by atoms with Gasteiger partial charge in [0.1, 0.15) is 0 Å². The summed E-state index contributed by atoms with van der Waals surface area (Å²) in [5.74, 6) is -0.103. The van der Waals surface area contributed by atoms with Crippen molar-refractivity contribution in [1.29, 1.82) is 0 Å². The molecule has 0 spiro atoms. The number of pyridine rings is 1. The van der Waals surface area contributed by atoms with Crippen LogP contribution in [0.4, 0.5) is 11.4 Å². The number of benzene rings is 1. The Bertz CT molecular complexity index is 640. The third-order valence-electron chi connectivity index (χ3n) is 3.06. The number of aryl methyl sites for hydroxylation is 1. The number of amides is 1. The Morgan fingerprint density at radius 3 is 2.81 bits per heavy atom. The summed E-state index contributed by atoms with van der Waals surface area (Å²) in [4.78, 5) is 16.3. The van der Waals surface area contributed by atoms with Crippen LogP contribution < -0.4 is 16.4 Å². The van der Waals surface area contributed by atoms with Gasteiger partial charge in [0.2, 0.25) is 0 Å². The van der Waals surface area contributed by atoms with Crippen LogP contribution in [0.15, 0.2) is 36.4 Å². The highest BCUT2D eigenvalue weighted by molar-refractivity contribution is 5.96. The number of carbonyl (C=O) groups is 1. The molecule has 0 saturated heterocycles. The molecule has 5 heteroatoms. The molecular weight excluding hydrogens is 264 g/mol. The van der Waals surface area contributed by atoms with Gasteiger partial charge in [-0.25, -0.2) is 0 Å². The first-order valence-electron chi connectivity index (χ1n) is 6.94. The van der Waals surface area contributed by atoms with E-state index in [2.05, 4.69) is 15.6 Å². The second-order valence-electron chi connectivity index (χ2n) is 4.79. The molecule has 2 rings (SSSR count). The highest BCUT2D eigenvalue weighted by atomic mass is 16.1. The van der Waals surface area contributed by atoms with Gasteiger partial charge in [-0.1, -0.05) is 6.07 Å². The van der Waals surface area contributed by atoms with Gasteiger partial charge in [0.05, 0.1) is 23.6 Å². The Balaban J connectivity index is 2.12. The number of carbonyl (C=O) groups excluding carboxylic acids is 1. The van der Waals surface area contributed by atoms with Gasteiger partial charge in [0, 0.05) is 17.8 Å². The molecule has 1 aromatic heterocycles. The number of nitrogen functional groups attached to an aromatic ring is 1. The van der Waals surface area contributed by atoms with Crippen molar-refractivity contribution in [3.05, 3.63) is 53.3 Å². The van der Waals surface area contributed by atoms with Crippen LogP contribution in [0.3, 0.4) is 0 Å². The summed E-state index contributed by atoms with van der Waals surface area (Å²) in [5, 5.41) is 6.00. The molecule has 0 bridgehead atoms. The van der Waals surface area contributed by atoms with Crippen LogP contribution in [0.2, 0.25) is 0 Å². The van der Waals surface area contributed by atoms with Crippen molar-refractivity contribution in [2.75, 3.05) is 17.6 Å². The molecular formula is C16H20N4O. The average Bonchev–Trinajstić information content (AvgIpc) is 2.46. The smallest absolute Gasteiger partial charge is 0.251 e. The van der Waals surface area contributed by atoms with E-state index in [1.54, 1.807) is 18.2 Å². The van der Waals surface area contributed by atoms with Gasteiger partial charge in [-0.2, -0.15) is 0 Å². The van der Waals surface area contributed by atoms with Crippen LogP contribution in [0.25, 0.3) is 0 Å². The van der Waals surface area contributed by atoms with Crippen LogP contribution in [-0.4, -0.2) is 17.4 Å². The number of nitrogens with one attached hydrogen (secondary N) is 2. The van der Waals surface area contributed by atoms with Crippen molar-refractivity contribution in [3.63, 3.8) is 0 Å². The van der Waals surface area contributed by atoms with Crippen molar-refractivity contribution in [2.24, 2.45) is 0 Å². The Hall–Kier alpha value is -2.56. The third kappa shape index (κ3) is 3.95. The fourth-order valence-corrected chi connectivity index (χ4v) is 2.00. The topological polar surface area (TPSA) is 80.0 Å². The van der Waals surface area contributed by atoms with E-state index in [0.717, 1.165) is 17.1 Å². The summed E-state index contributed by atoms with van der Waals surface area (Å²) >= 11 is 0. The molecule has 0 fully saturated rings. The molecule has 5 nitrogen and oxygen atoms in total. The number of nitrogens with two attached hydrogens (primary N) is 1. The molecule has 1 aromatic carbocycles. The van der Waals surface area contributed by atoms with E-state index in [1.165, 1.54) is 0 Å². The second kappa shape index (κ2) is 6.74. The summed E-state index contributed by atoms with van der Waals surface area (Å²) in [6, 6.07) is 11.1. The van der Waals surface area contributed by atoms with Crippen molar-refractivity contribution in [1.82, 2.24) is 10.3 Å². The number of rotatable bonds is 5. The molecule has 1 heterocycles. The largest absolute Gasteiger partial charge is 0.397 e. The molecule has 1 amide bonds. The van der Waals surface area contributed by atoms with Crippen molar-refractivity contribution in [2.45, 2.75) is 20.4 Å². The number of anilines is 2. The minimum Gasteiger partial charge on any atom is -0.397 e. The van der Waals surface area contributed by atoms with E-state index in [9.17, 15) is 4.79 Å². The molecule has 0 atom stereocenters. The maximum Gasteiger partial charge on any atom is 0.251 e. The van der Waals surface area contributed by atoms with Gasteiger partial charge >= 0.3 is 0 Å². The number of nitrogens with zero attached hydrogens (tertiary/aromatic N) is 1. The van der Waals surface area contributed by atoms with E-state index < -0.39 is 0 Å². The molecule has 4 N–H and O–H groups in total. The zero-order valence-electron chi connectivity index (χ0n) is 12.3. The Kier molecular flexibility index (Phi) is 4.77. The quantitative estimate of drug-likeness (QED) is 0.736. The Labute approximate surface area is 124 Å². The molecule has 0 unspecified atom stereocenters. The summed E-state index contributed by atoms with van der Waals surface area (Å²) < 4.78 is 0. The lowest BCUT2D eigenvalue weighted by Gasteiger charge is -2.11. The monoisotopic (exact) mass is 284 g/mol. The highest BCUT2D eigenvalue weighted by Crippen LogP contribution is 2.20. The van der Waals surface area contributed by atoms with E-state index in [4.69, 9.17) is 5.73 Å². The van der Waals surface area contributed by atoms with Crippen LogP contribution in [0, 0.1) is 6.92 Å². The summed E-state index contributed by atoms with van der Waals surface area (Å²) in [5.41, 5.74) is 9.78. The summed E-state index contributed by atoms with van der Waals surface area (Å²) in [7, 11) is 0. The standard InChI is InChI=1S/C16H20N4O/c1-3-18-16(21)12-7-8-14(17)15(9-12)19-10-13-6-4-5-11(2)20-13/h4-9,19H,3,10,17H2,1-2H3,(H,18,21). The predicted molar refractivity (Wildman–Crippen MR) is 85.2 cm³/mol. The molecule has 21 heavy (non-hydrogen) atoms. The van der Waals surface area contributed by atoms with Crippen LogP contribution in [-0.2, 0) is 6.54 Å². The van der Waals surface area contributed by atoms with Crippen molar-refractivity contribution < 1.29 is 4.79 Å². The second-order valence-corrected chi connectivity index (χ2v) is 4.79. The van der Waals surface area contributed by atoms with Gasteiger partial charge in [-0.05, 0) is 44.2 Å². The molecule has 0 aliphatic heterocycles. The number of hydrogen-bond donors (Lipinski definition) is 3. The molecule has 110 valence electrons. The maximum absolute atomic E-state index is 11.8.